The van der Waals surface area contributed by atoms with E-state index in [9.17, 15) is 4.79 Å². The summed E-state index contributed by atoms with van der Waals surface area (Å²) in [6, 6.07) is 0. The first-order chi connectivity index (χ1) is 3.95. The van der Waals surface area contributed by atoms with E-state index in [1.54, 1.807) is 0 Å². The fourth-order valence-corrected chi connectivity index (χ4v) is 6.08. The standard InChI is InChI=1S/C3H5GeI3O2/c1-9-3(8)2-4(5,6)7/h2H2,1H3. The fourth-order valence-electron chi connectivity index (χ4n) is 0.236. The molecule has 0 aliphatic carbocycles. The minimum atomic E-state index is -1.75. The zero-order chi connectivity index (χ0) is 7.49. The molecule has 0 aliphatic rings. The van der Waals surface area contributed by atoms with E-state index in [1.807, 2.05) is 0 Å². The van der Waals surface area contributed by atoms with Gasteiger partial charge in [0.1, 0.15) is 0 Å². The van der Waals surface area contributed by atoms with Crippen molar-refractivity contribution in [3.8, 4) is 0 Å². The molecule has 0 unspecified atom stereocenters. The second kappa shape index (κ2) is 4.96. The van der Waals surface area contributed by atoms with Crippen LogP contribution in [-0.2, 0) is 9.53 Å². The summed E-state index contributed by atoms with van der Waals surface area (Å²) in [5, 5.41) is 0.637. The van der Waals surface area contributed by atoms with Crippen molar-refractivity contribution in [3.63, 3.8) is 0 Å². The first-order valence-corrected chi connectivity index (χ1v) is 22.8. The van der Waals surface area contributed by atoms with Crippen LogP contribution in [0.4, 0.5) is 0 Å². The summed E-state index contributed by atoms with van der Waals surface area (Å²) in [4.78, 5) is 10.6. The van der Waals surface area contributed by atoms with E-state index in [0.717, 1.165) is 0 Å². The topological polar surface area (TPSA) is 26.3 Å². The Kier molecular flexibility index (Phi) is 6.17. The van der Waals surface area contributed by atoms with Crippen molar-refractivity contribution < 1.29 is 9.53 Å². The van der Waals surface area contributed by atoms with Crippen LogP contribution in [0.15, 0.2) is 0 Å². The van der Waals surface area contributed by atoms with E-state index in [2.05, 4.69) is 65.4 Å². The van der Waals surface area contributed by atoms with Gasteiger partial charge in [0.15, 0.2) is 0 Å². The predicted molar refractivity (Wildman–Crippen MR) is 64.6 cm³/mol. The van der Waals surface area contributed by atoms with E-state index in [1.165, 1.54) is 7.11 Å². The molecule has 54 valence electrons. The third kappa shape index (κ3) is 8.11. The third-order valence-corrected chi connectivity index (χ3v) is 7.96. The van der Waals surface area contributed by atoms with E-state index in [4.69, 9.17) is 0 Å². The van der Waals surface area contributed by atoms with Crippen molar-refractivity contribution in [1.82, 2.24) is 0 Å². The number of rotatable bonds is 2. The van der Waals surface area contributed by atoms with Gasteiger partial charge in [-0.1, -0.05) is 0 Å². The Morgan fingerprint density at radius 2 is 2.00 bits per heavy atom. The zero-order valence-electron chi connectivity index (χ0n) is 4.66. The Morgan fingerprint density at radius 3 is 2.11 bits per heavy atom. The summed E-state index contributed by atoms with van der Waals surface area (Å²) >= 11 is 7.13. The molecule has 0 saturated heterocycles. The molecule has 0 aromatic carbocycles. The number of methoxy groups -OCH3 is 1. The molecular formula is C3H5GeI3O2. The summed E-state index contributed by atoms with van der Waals surface area (Å²) in [6.07, 6.45) is 0. The number of hydrogen-bond donors (Lipinski definition) is 0. The zero-order valence-corrected chi connectivity index (χ0v) is 13.2. The van der Waals surface area contributed by atoms with Gasteiger partial charge < -0.3 is 0 Å². The average molecular weight is 526 g/mol. The van der Waals surface area contributed by atoms with Gasteiger partial charge >= 0.3 is 91.8 Å². The normalized spacial score (nSPS) is 11.1. The summed E-state index contributed by atoms with van der Waals surface area (Å²) < 4.78 is 2.77. The summed E-state index contributed by atoms with van der Waals surface area (Å²) in [7, 11) is 1.43. The van der Waals surface area contributed by atoms with Crippen LogP contribution >= 0.6 is 60.6 Å². The molecule has 0 N–H and O–H groups in total. The SMILES string of the molecule is COC(=O)[CH2][Ge]([I])([I])[I]. The molecule has 0 saturated carbocycles. The Morgan fingerprint density at radius 1 is 1.56 bits per heavy atom. The van der Waals surface area contributed by atoms with Gasteiger partial charge in [-0.3, -0.25) is 0 Å². The van der Waals surface area contributed by atoms with Crippen molar-refractivity contribution in [2.24, 2.45) is 0 Å². The van der Waals surface area contributed by atoms with Gasteiger partial charge in [-0.05, 0) is 0 Å². The summed E-state index contributed by atoms with van der Waals surface area (Å²) in [5.41, 5.74) is 0. The van der Waals surface area contributed by atoms with Crippen LogP contribution < -0.4 is 0 Å². The van der Waals surface area contributed by atoms with Gasteiger partial charge in [-0.15, -0.1) is 0 Å². The first kappa shape index (κ1) is 11.2. The van der Waals surface area contributed by atoms with Crippen LogP contribution in [0.25, 0.3) is 0 Å². The molecule has 0 radical (unpaired) electrons. The van der Waals surface area contributed by atoms with Crippen molar-refractivity contribution in [1.29, 1.82) is 0 Å². The van der Waals surface area contributed by atoms with Gasteiger partial charge in [-0.25, -0.2) is 0 Å². The molecule has 0 heterocycles. The number of ether oxygens (including phenoxy) is 1. The predicted octanol–water partition coefficient (Wildman–Crippen LogP) is 2.40. The Bertz CT molecular complexity index is 110. The van der Waals surface area contributed by atoms with Crippen molar-refractivity contribution in [3.05, 3.63) is 0 Å². The third-order valence-electron chi connectivity index (χ3n) is 0.572. The van der Waals surface area contributed by atoms with Gasteiger partial charge in [-0.2, -0.15) is 0 Å². The number of carbonyl (C=O) groups excluding carboxylic acids is 1. The molecule has 0 fully saturated rings. The summed E-state index contributed by atoms with van der Waals surface area (Å²) in [5.74, 6) is -0.0757. The second-order valence-corrected chi connectivity index (χ2v) is 65.6. The molecule has 0 amide bonds. The van der Waals surface area contributed by atoms with Crippen LogP contribution in [0.2, 0.25) is 5.25 Å². The van der Waals surface area contributed by atoms with Crippen LogP contribution in [0, 0.1) is 0 Å². The monoisotopic (exact) mass is 528 g/mol. The average Bonchev–Trinajstić information content (AvgIpc) is 1.62. The van der Waals surface area contributed by atoms with E-state index < -0.39 is 3.34 Å². The van der Waals surface area contributed by atoms with Crippen LogP contribution in [0.3, 0.4) is 0 Å². The number of carbonyl (C=O) groups is 1. The second-order valence-electron chi connectivity index (χ2n) is 1.37. The molecular weight excluding hydrogens is 521 g/mol. The number of esters is 1. The van der Waals surface area contributed by atoms with E-state index >= 15 is 0 Å². The molecule has 0 atom stereocenters. The molecule has 6 heteroatoms. The van der Waals surface area contributed by atoms with Gasteiger partial charge in [0.2, 0.25) is 0 Å². The Hall–Kier alpha value is 2.20. The van der Waals surface area contributed by atoms with Crippen LogP contribution in [0.1, 0.15) is 0 Å². The van der Waals surface area contributed by atoms with E-state index in [0.29, 0.717) is 5.25 Å². The van der Waals surface area contributed by atoms with Crippen molar-refractivity contribution in [2.75, 3.05) is 7.11 Å². The maximum absolute atomic E-state index is 10.6. The fraction of sp³-hybridized carbons (Fsp3) is 0.667. The quantitative estimate of drug-likeness (QED) is 0.314. The van der Waals surface area contributed by atoms with Gasteiger partial charge in [0.25, 0.3) is 0 Å². The first-order valence-electron chi connectivity index (χ1n) is 2.09. The van der Waals surface area contributed by atoms with Crippen molar-refractivity contribution in [2.45, 2.75) is 5.25 Å². The Labute approximate surface area is 90.1 Å². The van der Waals surface area contributed by atoms with Crippen molar-refractivity contribution >= 4 is 70.0 Å². The molecule has 0 bridgehead atoms. The van der Waals surface area contributed by atoms with Crippen LogP contribution in [0.5, 0.6) is 0 Å². The summed E-state index contributed by atoms with van der Waals surface area (Å²) in [6.45, 7) is 0. The number of hydrogen-bond acceptors (Lipinski definition) is 2. The van der Waals surface area contributed by atoms with E-state index in [-0.39, 0.29) is 5.97 Å². The van der Waals surface area contributed by atoms with Gasteiger partial charge in [0, 0.05) is 0 Å². The molecule has 0 aromatic rings. The molecule has 0 rings (SSSR count). The van der Waals surface area contributed by atoms with Crippen LogP contribution in [-0.4, -0.2) is 16.4 Å². The molecule has 2 nitrogen and oxygen atoms in total. The maximum atomic E-state index is 10.6. The minimum absolute atomic E-state index is 0.0757. The molecule has 0 aromatic heterocycles. The molecule has 0 spiro atoms. The Balaban J connectivity index is 3.60. The van der Waals surface area contributed by atoms with Gasteiger partial charge in [0.05, 0.1) is 0 Å². The molecule has 0 aliphatic heterocycles. The number of halogens is 3. The molecule has 9 heavy (non-hydrogen) atoms.